The number of nitrogens with one attached hydrogen (secondary N) is 1. The molecule has 1 heterocycles. The van der Waals surface area contributed by atoms with Crippen molar-refractivity contribution in [2.24, 2.45) is 0 Å². The standard InChI is InChI=1S/C20H20N2O5S/c1-5-27-20(24)18-12(2)15(11-21)19(28-18)22-17(23)9-7-13-6-8-14(25-3)10-16(13)26-4/h6-10H,5H2,1-4H3,(H,22,23). The van der Waals surface area contributed by atoms with Crippen molar-refractivity contribution in [1.82, 2.24) is 0 Å². The number of carbonyl (C=O) groups excluding carboxylic acids is 2. The lowest BCUT2D eigenvalue weighted by Gasteiger charge is -2.07. The lowest BCUT2D eigenvalue weighted by Crippen LogP contribution is -2.07. The molecule has 1 N–H and O–H groups in total. The number of hydrogen-bond donors (Lipinski definition) is 1. The van der Waals surface area contributed by atoms with E-state index in [2.05, 4.69) is 5.32 Å². The number of ether oxygens (including phenoxy) is 3. The summed E-state index contributed by atoms with van der Waals surface area (Å²) in [7, 11) is 3.08. The number of nitriles is 1. The van der Waals surface area contributed by atoms with Gasteiger partial charge in [0, 0.05) is 17.7 Å². The minimum Gasteiger partial charge on any atom is -0.497 e. The molecule has 0 unspecified atom stereocenters. The van der Waals surface area contributed by atoms with Gasteiger partial charge in [-0.15, -0.1) is 11.3 Å². The molecular formula is C20H20N2O5S. The van der Waals surface area contributed by atoms with Crippen LogP contribution in [0.4, 0.5) is 5.00 Å². The number of nitrogens with zero attached hydrogens (tertiary/aromatic N) is 1. The summed E-state index contributed by atoms with van der Waals surface area (Å²) < 4.78 is 15.4. The Bertz CT molecular complexity index is 956. The Morgan fingerprint density at radius 3 is 2.64 bits per heavy atom. The fourth-order valence-corrected chi connectivity index (χ4v) is 3.46. The number of thiophene rings is 1. The molecule has 2 aromatic rings. The van der Waals surface area contributed by atoms with Gasteiger partial charge >= 0.3 is 5.97 Å². The Labute approximate surface area is 167 Å². The maximum atomic E-state index is 12.3. The zero-order valence-electron chi connectivity index (χ0n) is 16.0. The molecule has 8 heteroatoms. The van der Waals surface area contributed by atoms with Gasteiger partial charge in [-0.1, -0.05) is 0 Å². The maximum absolute atomic E-state index is 12.3. The summed E-state index contributed by atoms with van der Waals surface area (Å²) in [4.78, 5) is 24.6. The molecule has 1 aromatic heterocycles. The van der Waals surface area contributed by atoms with Gasteiger partial charge in [-0.3, -0.25) is 4.79 Å². The molecule has 0 spiro atoms. The van der Waals surface area contributed by atoms with E-state index in [1.807, 2.05) is 6.07 Å². The van der Waals surface area contributed by atoms with Gasteiger partial charge in [0.1, 0.15) is 27.4 Å². The zero-order valence-corrected chi connectivity index (χ0v) is 16.8. The number of esters is 1. The Morgan fingerprint density at radius 2 is 2.04 bits per heavy atom. The van der Waals surface area contributed by atoms with E-state index in [1.165, 1.54) is 13.2 Å². The molecule has 0 bridgehead atoms. The molecule has 0 fully saturated rings. The molecule has 0 atom stereocenters. The number of methoxy groups -OCH3 is 2. The predicted octanol–water partition coefficient (Wildman–Crippen LogP) is 3.77. The predicted molar refractivity (Wildman–Crippen MR) is 107 cm³/mol. The molecule has 0 aliphatic rings. The number of benzene rings is 1. The van der Waals surface area contributed by atoms with Gasteiger partial charge in [0.2, 0.25) is 5.91 Å². The van der Waals surface area contributed by atoms with Gasteiger partial charge in [-0.25, -0.2) is 4.79 Å². The summed E-state index contributed by atoms with van der Waals surface area (Å²) in [6.45, 7) is 3.58. The molecule has 0 saturated carbocycles. The quantitative estimate of drug-likeness (QED) is 0.561. The van der Waals surface area contributed by atoms with Crippen LogP contribution >= 0.6 is 11.3 Å². The van der Waals surface area contributed by atoms with E-state index in [9.17, 15) is 14.9 Å². The van der Waals surface area contributed by atoms with Crippen molar-refractivity contribution >= 4 is 34.3 Å². The monoisotopic (exact) mass is 400 g/mol. The van der Waals surface area contributed by atoms with Crippen LogP contribution in [0.2, 0.25) is 0 Å². The van der Waals surface area contributed by atoms with E-state index in [1.54, 1.807) is 45.2 Å². The van der Waals surface area contributed by atoms with Crippen molar-refractivity contribution in [3.63, 3.8) is 0 Å². The molecule has 7 nitrogen and oxygen atoms in total. The highest BCUT2D eigenvalue weighted by molar-refractivity contribution is 7.18. The Kier molecular flexibility index (Phi) is 7.18. The first kappa shape index (κ1) is 21.0. The van der Waals surface area contributed by atoms with E-state index in [0.29, 0.717) is 32.5 Å². The third kappa shape index (κ3) is 4.69. The fourth-order valence-electron chi connectivity index (χ4n) is 2.40. The second kappa shape index (κ2) is 9.58. The Balaban J connectivity index is 2.22. The van der Waals surface area contributed by atoms with Crippen LogP contribution in [-0.2, 0) is 9.53 Å². The Hall–Kier alpha value is -3.31. The van der Waals surface area contributed by atoms with Crippen LogP contribution in [0.1, 0.15) is 33.3 Å². The zero-order chi connectivity index (χ0) is 20.7. The van der Waals surface area contributed by atoms with Gasteiger partial charge in [0.15, 0.2) is 0 Å². The summed E-state index contributed by atoms with van der Waals surface area (Å²) in [5, 5.41) is 12.3. The first-order valence-electron chi connectivity index (χ1n) is 8.36. The summed E-state index contributed by atoms with van der Waals surface area (Å²) >= 11 is 1.02. The SMILES string of the molecule is CCOC(=O)c1sc(NC(=O)C=Cc2ccc(OC)cc2OC)c(C#N)c1C. The Morgan fingerprint density at radius 1 is 1.29 bits per heavy atom. The van der Waals surface area contributed by atoms with E-state index < -0.39 is 11.9 Å². The van der Waals surface area contributed by atoms with Crippen molar-refractivity contribution in [2.45, 2.75) is 13.8 Å². The van der Waals surface area contributed by atoms with E-state index in [-0.39, 0.29) is 12.2 Å². The van der Waals surface area contributed by atoms with Crippen molar-refractivity contribution in [1.29, 1.82) is 5.26 Å². The molecular weight excluding hydrogens is 380 g/mol. The maximum Gasteiger partial charge on any atom is 0.348 e. The van der Waals surface area contributed by atoms with Gasteiger partial charge in [0.05, 0.1) is 26.4 Å². The summed E-state index contributed by atoms with van der Waals surface area (Å²) in [5.41, 5.74) is 1.42. The van der Waals surface area contributed by atoms with Crippen LogP contribution in [0.5, 0.6) is 11.5 Å². The van der Waals surface area contributed by atoms with Crippen LogP contribution in [-0.4, -0.2) is 32.7 Å². The van der Waals surface area contributed by atoms with Crippen LogP contribution in [0, 0.1) is 18.3 Å². The molecule has 0 saturated heterocycles. The molecule has 146 valence electrons. The fraction of sp³-hybridized carbons (Fsp3) is 0.250. The van der Waals surface area contributed by atoms with Crippen LogP contribution < -0.4 is 14.8 Å². The number of rotatable bonds is 7. The second-order valence-corrected chi connectivity index (χ2v) is 6.54. The number of anilines is 1. The van der Waals surface area contributed by atoms with Crippen LogP contribution in [0.25, 0.3) is 6.08 Å². The topological polar surface area (TPSA) is 97.7 Å². The highest BCUT2D eigenvalue weighted by atomic mass is 32.1. The first-order chi connectivity index (χ1) is 13.4. The van der Waals surface area contributed by atoms with Gasteiger partial charge in [-0.2, -0.15) is 5.26 Å². The van der Waals surface area contributed by atoms with Crippen LogP contribution in [0.3, 0.4) is 0 Å². The summed E-state index contributed by atoms with van der Waals surface area (Å²) in [5.74, 6) is 0.238. The lowest BCUT2D eigenvalue weighted by atomic mass is 10.1. The molecule has 0 aliphatic heterocycles. The van der Waals surface area contributed by atoms with Gasteiger partial charge in [0.25, 0.3) is 0 Å². The van der Waals surface area contributed by atoms with Crippen LogP contribution in [0.15, 0.2) is 24.3 Å². The highest BCUT2D eigenvalue weighted by Gasteiger charge is 2.21. The van der Waals surface area contributed by atoms with Crippen molar-refractivity contribution in [3.8, 4) is 17.6 Å². The third-order valence-electron chi connectivity index (χ3n) is 3.81. The van der Waals surface area contributed by atoms with E-state index >= 15 is 0 Å². The number of carbonyl (C=O) groups is 2. The van der Waals surface area contributed by atoms with Crippen molar-refractivity contribution in [2.75, 3.05) is 26.1 Å². The van der Waals surface area contributed by atoms with Gasteiger partial charge in [-0.05, 0) is 37.6 Å². The average Bonchev–Trinajstić information content (AvgIpc) is 3.01. The normalized spacial score (nSPS) is 10.4. The molecule has 28 heavy (non-hydrogen) atoms. The molecule has 0 aliphatic carbocycles. The molecule has 1 aromatic carbocycles. The van der Waals surface area contributed by atoms with E-state index in [0.717, 1.165) is 11.3 Å². The first-order valence-corrected chi connectivity index (χ1v) is 9.18. The van der Waals surface area contributed by atoms with Crippen molar-refractivity contribution in [3.05, 3.63) is 45.8 Å². The van der Waals surface area contributed by atoms with E-state index in [4.69, 9.17) is 14.2 Å². The number of hydrogen-bond acceptors (Lipinski definition) is 7. The van der Waals surface area contributed by atoms with Gasteiger partial charge < -0.3 is 19.5 Å². The summed E-state index contributed by atoms with van der Waals surface area (Å²) in [6.07, 6.45) is 2.91. The summed E-state index contributed by atoms with van der Waals surface area (Å²) in [6, 6.07) is 7.24. The molecule has 2 rings (SSSR count). The lowest BCUT2D eigenvalue weighted by molar-refractivity contribution is -0.111. The number of amides is 1. The smallest absolute Gasteiger partial charge is 0.348 e. The average molecular weight is 400 g/mol. The molecule has 1 amide bonds. The minimum absolute atomic E-state index is 0.228. The molecule has 0 radical (unpaired) electrons. The largest absolute Gasteiger partial charge is 0.497 e. The van der Waals surface area contributed by atoms with Crippen molar-refractivity contribution < 1.29 is 23.8 Å². The second-order valence-electron chi connectivity index (χ2n) is 5.52. The highest BCUT2D eigenvalue weighted by Crippen LogP contribution is 2.33. The minimum atomic E-state index is -0.513. The third-order valence-corrected chi connectivity index (χ3v) is 5.00.